The van der Waals surface area contributed by atoms with Crippen molar-refractivity contribution in [2.45, 2.75) is 72.0 Å². The number of hydrogen-bond acceptors (Lipinski definition) is 5. The van der Waals surface area contributed by atoms with Gasteiger partial charge in [-0.05, 0) is 37.2 Å². The predicted octanol–water partition coefficient (Wildman–Crippen LogP) is 3.16. The van der Waals surface area contributed by atoms with Gasteiger partial charge >= 0.3 is 5.97 Å². The number of carbonyl (C=O) groups is 3. The summed E-state index contributed by atoms with van der Waals surface area (Å²) >= 11 is 0. The van der Waals surface area contributed by atoms with Crippen LogP contribution < -0.4 is 0 Å². The highest BCUT2D eigenvalue weighted by Crippen LogP contribution is 2.56. The van der Waals surface area contributed by atoms with E-state index in [0.29, 0.717) is 43.3 Å². The first-order chi connectivity index (χ1) is 12.5. The standard InChI is InChI=1S/C22H30O5/c1-12-14-6-7-18(25)22(5)9-8-19(27-13(2)23)21(3,4)17(22)11-16(24)15(10-14)20(12)26/h10,14,16-17,19,24H,1,6-9,11H2,2-5H3/t14-,16+,17-,19+,22-/m1/s1. The predicted molar refractivity (Wildman–Crippen MR) is 101 cm³/mol. The van der Waals surface area contributed by atoms with Crippen LogP contribution in [0.4, 0.5) is 0 Å². The lowest BCUT2D eigenvalue weighted by Crippen LogP contribution is -2.55. The zero-order valence-corrected chi connectivity index (χ0v) is 16.7. The van der Waals surface area contributed by atoms with Gasteiger partial charge in [-0.1, -0.05) is 33.4 Å². The molecule has 0 radical (unpaired) electrons. The fraction of sp³-hybridized carbons (Fsp3) is 0.682. The summed E-state index contributed by atoms with van der Waals surface area (Å²) in [6.07, 6.45) is 3.02. The summed E-state index contributed by atoms with van der Waals surface area (Å²) in [5, 5.41) is 10.9. The smallest absolute Gasteiger partial charge is 0.302 e. The molecule has 0 spiro atoms. The van der Waals surface area contributed by atoms with Gasteiger partial charge in [-0.3, -0.25) is 14.4 Å². The van der Waals surface area contributed by atoms with E-state index in [-0.39, 0.29) is 35.5 Å². The van der Waals surface area contributed by atoms with E-state index in [9.17, 15) is 19.5 Å². The van der Waals surface area contributed by atoms with Crippen molar-refractivity contribution < 1.29 is 24.2 Å². The monoisotopic (exact) mass is 374 g/mol. The van der Waals surface area contributed by atoms with Crippen LogP contribution in [0.3, 0.4) is 0 Å². The van der Waals surface area contributed by atoms with Crippen LogP contribution in [0.25, 0.3) is 0 Å². The molecule has 3 rings (SSSR count). The number of ketones is 2. The molecule has 0 unspecified atom stereocenters. The fourth-order valence-electron chi connectivity index (χ4n) is 5.52. The molecular formula is C22H30O5. The molecule has 5 nitrogen and oxygen atoms in total. The van der Waals surface area contributed by atoms with Crippen molar-refractivity contribution in [1.82, 2.24) is 0 Å². The molecule has 0 aromatic heterocycles. The summed E-state index contributed by atoms with van der Waals surface area (Å²) in [4.78, 5) is 37.4. The third-order valence-electron chi connectivity index (χ3n) is 7.25. The summed E-state index contributed by atoms with van der Waals surface area (Å²) in [6, 6.07) is 0. The van der Waals surface area contributed by atoms with Gasteiger partial charge in [0.1, 0.15) is 11.9 Å². The number of aliphatic hydroxyl groups excluding tert-OH is 1. The third-order valence-corrected chi connectivity index (χ3v) is 7.25. The normalized spacial score (nSPS) is 38.9. The van der Waals surface area contributed by atoms with Gasteiger partial charge in [0.15, 0.2) is 5.78 Å². The van der Waals surface area contributed by atoms with E-state index in [1.54, 1.807) is 6.08 Å². The minimum Gasteiger partial charge on any atom is -0.462 e. The van der Waals surface area contributed by atoms with Crippen molar-refractivity contribution in [2.75, 3.05) is 0 Å². The van der Waals surface area contributed by atoms with Crippen molar-refractivity contribution in [1.29, 1.82) is 0 Å². The lowest BCUT2D eigenvalue weighted by molar-refractivity contribution is -0.173. The molecule has 5 heteroatoms. The number of carbonyl (C=O) groups excluding carboxylic acids is 3. The van der Waals surface area contributed by atoms with Gasteiger partial charge in [0.05, 0.1) is 6.10 Å². The van der Waals surface area contributed by atoms with Gasteiger partial charge in [0.25, 0.3) is 0 Å². The molecule has 1 fully saturated rings. The third kappa shape index (κ3) is 3.20. The molecule has 2 bridgehead atoms. The first-order valence-electron chi connectivity index (χ1n) is 9.82. The van der Waals surface area contributed by atoms with Gasteiger partial charge in [-0.2, -0.15) is 0 Å². The average Bonchev–Trinajstić information content (AvgIpc) is 2.86. The van der Waals surface area contributed by atoms with Crippen molar-refractivity contribution in [3.8, 4) is 0 Å². The molecule has 3 aliphatic carbocycles. The second-order valence-electron chi connectivity index (χ2n) is 9.22. The SMILES string of the molecule is C=C1C(=O)C2=C[C@H]1CCC(=O)[C@]1(C)CC[C@H](OC(C)=O)C(C)(C)[C@H]1C[C@@H]2O. The van der Waals surface area contributed by atoms with Gasteiger partial charge in [0.2, 0.25) is 0 Å². The van der Waals surface area contributed by atoms with Crippen LogP contribution in [0.15, 0.2) is 23.8 Å². The number of aliphatic hydroxyl groups is 1. The van der Waals surface area contributed by atoms with Crippen molar-refractivity contribution in [3.63, 3.8) is 0 Å². The van der Waals surface area contributed by atoms with E-state index in [4.69, 9.17) is 4.74 Å². The largest absolute Gasteiger partial charge is 0.462 e. The Kier molecular flexibility index (Phi) is 4.96. The summed E-state index contributed by atoms with van der Waals surface area (Å²) in [6.45, 7) is 11.3. The molecule has 148 valence electrons. The van der Waals surface area contributed by atoms with Gasteiger partial charge in [-0.25, -0.2) is 0 Å². The molecule has 0 aliphatic heterocycles. The molecule has 0 heterocycles. The van der Waals surface area contributed by atoms with E-state index in [1.165, 1.54) is 6.92 Å². The number of esters is 1. The highest BCUT2D eigenvalue weighted by molar-refractivity contribution is 6.11. The maximum Gasteiger partial charge on any atom is 0.302 e. The Morgan fingerprint density at radius 1 is 1.26 bits per heavy atom. The highest BCUT2D eigenvalue weighted by Gasteiger charge is 2.56. The molecule has 5 atom stereocenters. The molecule has 0 aromatic rings. The Balaban J connectivity index is 2.02. The van der Waals surface area contributed by atoms with Crippen LogP contribution in [-0.4, -0.2) is 34.9 Å². The minimum atomic E-state index is -0.940. The summed E-state index contributed by atoms with van der Waals surface area (Å²) in [5.74, 6) is -0.718. The van der Waals surface area contributed by atoms with E-state index in [2.05, 4.69) is 6.58 Å². The van der Waals surface area contributed by atoms with Crippen LogP contribution >= 0.6 is 0 Å². The second kappa shape index (κ2) is 6.69. The summed E-state index contributed by atoms with van der Waals surface area (Å²) in [5.41, 5.74) is -0.216. The fourth-order valence-corrected chi connectivity index (χ4v) is 5.52. The van der Waals surface area contributed by atoms with Crippen LogP contribution in [0.2, 0.25) is 0 Å². The Bertz CT molecular complexity index is 731. The first-order valence-corrected chi connectivity index (χ1v) is 9.82. The number of hydrogen-bond donors (Lipinski definition) is 1. The maximum atomic E-state index is 13.3. The second-order valence-corrected chi connectivity index (χ2v) is 9.22. The first kappa shape index (κ1) is 20.0. The molecule has 0 saturated heterocycles. The van der Waals surface area contributed by atoms with E-state index < -0.39 is 16.9 Å². The quantitative estimate of drug-likeness (QED) is 0.563. The molecule has 1 saturated carbocycles. The Labute approximate surface area is 160 Å². The van der Waals surface area contributed by atoms with Crippen LogP contribution in [0.5, 0.6) is 0 Å². The van der Waals surface area contributed by atoms with Crippen molar-refractivity contribution in [3.05, 3.63) is 23.8 Å². The molecule has 3 aliphatic rings. The average molecular weight is 374 g/mol. The molecular weight excluding hydrogens is 344 g/mol. The van der Waals surface area contributed by atoms with Gasteiger partial charge in [-0.15, -0.1) is 0 Å². The number of fused-ring (bicyclic) bond motifs is 2. The van der Waals surface area contributed by atoms with Crippen molar-refractivity contribution in [2.24, 2.45) is 22.7 Å². The lowest BCUT2D eigenvalue weighted by atomic mass is 9.52. The molecule has 0 aromatic carbocycles. The Morgan fingerprint density at radius 3 is 2.56 bits per heavy atom. The Morgan fingerprint density at radius 2 is 1.93 bits per heavy atom. The van der Waals surface area contributed by atoms with Gasteiger partial charge < -0.3 is 9.84 Å². The number of rotatable bonds is 1. The zero-order chi connectivity index (χ0) is 20.1. The summed E-state index contributed by atoms with van der Waals surface area (Å²) in [7, 11) is 0. The summed E-state index contributed by atoms with van der Waals surface area (Å²) < 4.78 is 5.57. The van der Waals surface area contributed by atoms with Gasteiger partial charge in [0, 0.05) is 35.7 Å². The van der Waals surface area contributed by atoms with Crippen LogP contribution in [0, 0.1) is 22.7 Å². The van der Waals surface area contributed by atoms with Crippen LogP contribution in [0.1, 0.15) is 59.8 Å². The van der Waals surface area contributed by atoms with E-state index in [0.717, 1.165) is 0 Å². The Hall–Kier alpha value is -1.75. The number of ether oxygens (including phenoxy) is 1. The zero-order valence-electron chi connectivity index (χ0n) is 16.7. The minimum absolute atomic E-state index is 0.156. The van der Waals surface area contributed by atoms with Crippen molar-refractivity contribution >= 4 is 17.5 Å². The molecule has 27 heavy (non-hydrogen) atoms. The van der Waals surface area contributed by atoms with E-state index in [1.807, 2.05) is 20.8 Å². The number of Topliss-reactive ketones (excluding diaryl/α,β-unsaturated/α-hetero) is 2. The van der Waals surface area contributed by atoms with E-state index >= 15 is 0 Å². The lowest BCUT2D eigenvalue weighted by Gasteiger charge is -2.54. The topological polar surface area (TPSA) is 80.7 Å². The maximum absolute atomic E-state index is 13.3. The number of allylic oxidation sites excluding steroid dienone is 2. The molecule has 1 N–H and O–H groups in total. The van der Waals surface area contributed by atoms with Crippen LogP contribution in [-0.2, 0) is 19.1 Å². The highest BCUT2D eigenvalue weighted by atomic mass is 16.5. The molecule has 0 amide bonds.